The molecule has 0 saturated carbocycles. The molecule has 9 nitrogen and oxygen atoms in total. The van der Waals surface area contributed by atoms with Crippen molar-refractivity contribution in [2.24, 2.45) is 13.0 Å². The third-order valence-corrected chi connectivity index (χ3v) is 7.71. The Morgan fingerprint density at radius 2 is 2.12 bits per heavy atom. The van der Waals surface area contributed by atoms with Gasteiger partial charge in [0.25, 0.3) is 5.91 Å². The first-order chi connectivity index (χ1) is 16.2. The number of nitrogens with one attached hydrogen (secondary N) is 2. The lowest BCUT2D eigenvalue weighted by molar-refractivity contribution is 0.101. The molecule has 0 spiro atoms. The molecule has 34 heavy (non-hydrogen) atoms. The Morgan fingerprint density at radius 3 is 2.85 bits per heavy atom. The van der Waals surface area contributed by atoms with Gasteiger partial charge in [0, 0.05) is 50.2 Å². The van der Waals surface area contributed by atoms with E-state index in [0.29, 0.717) is 24.3 Å². The van der Waals surface area contributed by atoms with Crippen molar-refractivity contribution in [3.05, 3.63) is 66.0 Å². The number of hydrogen-bond acceptors (Lipinski definition) is 6. The smallest absolute Gasteiger partial charge is 0.276 e. The molecule has 0 radical (unpaired) electrons. The van der Waals surface area contributed by atoms with Crippen LogP contribution in [0.15, 0.2) is 53.8 Å². The number of fused-ring (bicyclic) bond motifs is 2. The highest BCUT2D eigenvalue weighted by Crippen LogP contribution is 2.35. The summed E-state index contributed by atoms with van der Waals surface area (Å²) in [6.07, 6.45) is 4.80. The fourth-order valence-electron chi connectivity index (χ4n) is 4.46. The van der Waals surface area contributed by atoms with Gasteiger partial charge in [-0.1, -0.05) is 0 Å². The number of amides is 1. The van der Waals surface area contributed by atoms with Gasteiger partial charge in [0.05, 0.1) is 18.5 Å². The summed E-state index contributed by atoms with van der Waals surface area (Å²) in [6.45, 7) is 2.89. The second-order valence-corrected chi connectivity index (χ2v) is 10.3. The summed E-state index contributed by atoms with van der Waals surface area (Å²) >= 11 is 0. The van der Waals surface area contributed by atoms with Crippen LogP contribution in [0.5, 0.6) is 5.75 Å². The lowest BCUT2D eigenvalue weighted by Gasteiger charge is -2.23. The second kappa shape index (κ2) is 8.41. The quantitative estimate of drug-likeness (QED) is 0.590. The maximum Gasteiger partial charge on any atom is 0.276 e. The fraction of sp³-hybridized carbons (Fsp3) is 0.304. The van der Waals surface area contributed by atoms with E-state index < -0.39 is 15.9 Å². The van der Waals surface area contributed by atoms with Crippen molar-refractivity contribution in [3.63, 3.8) is 0 Å². The molecule has 2 aromatic heterocycles. The number of ether oxygens (including phenoxy) is 1. The molecule has 2 atom stereocenters. The molecule has 0 unspecified atom stereocenters. The van der Waals surface area contributed by atoms with E-state index in [1.165, 1.54) is 29.0 Å². The van der Waals surface area contributed by atoms with E-state index in [1.54, 1.807) is 26.4 Å². The first kappa shape index (κ1) is 22.4. The standard InChI is InChI=1S/C23H24FN5O4S/c1-14-8-16(5-6-18(14)24)26-23(30)21-22-20(12-28(21)2)34(31,32)27-19-11-29(10-15(19)13-33-22)17-4-3-7-25-9-17/h3-9,12,15,19,27H,10-11,13H2,1-2H3,(H,26,30)/t15-,19-/m0/s1. The molecule has 5 rings (SSSR count). The molecule has 178 valence electrons. The predicted octanol–water partition coefficient (Wildman–Crippen LogP) is 2.30. The Morgan fingerprint density at radius 1 is 1.29 bits per heavy atom. The molecular weight excluding hydrogens is 461 g/mol. The van der Waals surface area contributed by atoms with Crippen LogP contribution in [0.25, 0.3) is 0 Å². The van der Waals surface area contributed by atoms with Crippen molar-refractivity contribution < 1.29 is 22.3 Å². The number of anilines is 2. The molecule has 2 aliphatic heterocycles. The molecular formula is C23H24FN5O4S. The molecule has 3 aromatic rings. The van der Waals surface area contributed by atoms with Gasteiger partial charge in [-0.3, -0.25) is 9.78 Å². The minimum atomic E-state index is -3.95. The van der Waals surface area contributed by atoms with E-state index in [2.05, 4.69) is 19.9 Å². The van der Waals surface area contributed by atoms with Gasteiger partial charge >= 0.3 is 0 Å². The molecule has 4 heterocycles. The van der Waals surface area contributed by atoms with Crippen LogP contribution in [-0.2, 0) is 17.1 Å². The van der Waals surface area contributed by atoms with Gasteiger partial charge in [-0.2, -0.15) is 0 Å². The Hall–Kier alpha value is -3.44. The summed E-state index contributed by atoms with van der Waals surface area (Å²) in [5.41, 5.74) is 1.76. The second-order valence-electron chi connectivity index (χ2n) is 8.62. The van der Waals surface area contributed by atoms with Gasteiger partial charge < -0.3 is 19.5 Å². The van der Waals surface area contributed by atoms with Crippen molar-refractivity contribution in [1.29, 1.82) is 0 Å². The van der Waals surface area contributed by atoms with Crippen molar-refractivity contribution in [1.82, 2.24) is 14.3 Å². The largest absolute Gasteiger partial charge is 0.489 e. The number of aromatic nitrogens is 2. The van der Waals surface area contributed by atoms with Gasteiger partial charge in [0.15, 0.2) is 11.4 Å². The molecule has 11 heteroatoms. The maximum atomic E-state index is 13.6. The molecule has 1 saturated heterocycles. The molecule has 1 aromatic carbocycles. The average Bonchev–Trinajstić information content (AvgIpc) is 3.35. The van der Waals surface area contributed by atoms with E-state index in [1.807, 2.05) is 12.1 Å². The van der Waals surface area contributed by atoms with Crippen LogP contribution in [-0.4, -0.2) is 49.6 Å². The minimum absolute atomic E-state index is 0.00427. The number of carbonyl (C=O) groups is 1. The summed E-state index contributed by atoms with van der Waals surface area (Å²) in [5, 5.41) is 2.70. The lowest BCUT2D eigenvalue weighted by Crippen LogP contribution is -2.43. The zero-order valence-electron chi connectivity index (χ0n) is 18.7. The molecule has 0 aliphatic carbocycles. The van der Waals surface area contributed by atoms with Crippen LogP contribution in [0.1, 0.15) is 16.1 Å². The lowest BCUT2D eigenvalue weighted by atomic mass is 10.1. The fourth-order valence-corrected chi connectivity index (χ4v) is 5.95. The third kappa shape index (κ3) is 4.01. The molecule has 1 amide bonds. The predicted molar refractivity (Wildman–Crippen MR) is 124 cm³/mol. The molecule has 0 bridgehead atoms. The van der Waals surface area contributed by atoms with Crippen molar-refractivity contribution in [2.75, 3.05) is 29.9 Å². The van der Waals surface area contributed by atoms with Gasteiger partial charge in [0.1, 0.15) is 10.7 Å². The van der Waals surface area contributed by atoms with Gasteiger partial charge in [-0.05, 0) is 42.8 Å². The van der Waals surface area contributed by atoms with Crippen molar-refractivity contribution >= 4 is 27.3 Å². The van der Waals surface area contributed by atoms with Crippen LogP contribution in [0.2, 0.25) is 0 Å². The van der Waals surface area contributed by atoms with Crippen LogP contribution >= 0.6 is 0 Å². The number of sulfonamides is 1. The normalized spacial score (nSPS) is 21.1. The Kier molecular flexibility index (Phi) is 5.53. The van der Waals surface area contributed by atoms with Crippen LogP contribution in [0.3, 0.4) is 0 Å². The number of aryl methyl sites for hydroxylation is 2. The number of nitrogens with zero attached hydrogens (tertiary/aromatic N) is 3. The van der Waals surface area contributed by atoms with Gasteiger partial charge in [-0.25, -0.2) is 17.5 Å². The number of hydrogen-bond donors (Lipinski definition) is 2. The van der Waals surface area contributed by atoms with Crippen molar-refractivity contribution in [2.45, 2.75) is 17.9 Å². The molecule has 2 N–H and O–H groups in total. The number of halogens is 1. The number of pyridine rings is 1. The Balaban J connectivity index is 1.44. The first-order valence-electron chi connectivity index (χ1n) is 10.8. The third-order valence-electron chi connectivity index (χ3n) is 6.22. The van der Waals surface area contributed by atoms with Gasteiger partial charge in [0.2, 0.25) is 10.0 Å². The van der Waals surface area contributed by atoms with E-state index in [4.69, 9.17) is 4.74 Å². The Bertz CT molecular complexity index is 1360. The molecule has 2 aliphatic rings. The summed E-state index contributed by atoms with van der Waals surface area (Å²) in [6, 6.07) is 7.63. The summed E-state index contributed by atoms with van der Waals surface area (Å²) in [4.78, 5) is 19.2. The minimum Gasteiger partial charge on any atom is -0.489 e. The SMILES string of the molecule is Cc1cc(NC(=O)c2c3c(cn2C)S(=O)(=O)N[C@H]2CN(c4cccnc4)C[C@H]2CO3)ccc1F. The van der Waals surface area contributed by atoms with Crippen LogP contribution in [0.4, 0.5) is 15.8 Å². The van der Waals surface area contributed by atoms with Crippen molar-refractivity contribution in [3.8, 4) is 5.75 Å². The topological polar surface area (TPSA) is 106 Å². The summed E-state index contributed by atoms with van der Waals surface area (Å²) in [5.74, 6) is -1.05. The van der Waals surface area contributed by atoms with E-state index >= 15 is 0 Å². The number of rotatable bonds is 3. The average molecular weight is 486 g/mol. The highest BCUT2D eigenvalue weighted by molar-refractivity contribution is 7.89. The molecule has 1 fully saturated rings. The Labute approximate surface area is 196 Å². The zero-order chi connectivity index (χ0) is 24.0. The van der Waals surface area contributed by atoms with E-state index in [0.717, 1.165) is 5.69 Å². The number of carbonyl (C=O) groups excluding carboxylic acids is 1. The van der Waals surface area contributed by atoms with Crippen LogP contribution < -0.4 is 19.7 Å². The summed E-state index contributed by atoms with van der Waals surface area (Å²) in [7, 11) is -2.37. The highest BCUT2D eigenvalue weighted by Gasteiger charge is 2.41. The first-order valence-corrected chi connectivity index (χ1v) is 12.3. The highest BCUT2D eigenvalue weighted by atomic mass is 32.2. The monoisotopic (exact) mass is 485 g/mol. The van der Waals surface area contributed by atoms with E-state index in [-0.39, 0.29) is 40.7 Å². The van der Waals surface area contributed by atoms with E-state index in [9.17, 15) is 17.6 Å². The maximum absolute atomic E-state index is 13.6. The number of benzene rings is 1. The zero-order valence-corrected chi connectivity index (χ0v) is 19.5. The van der Waals surface area contributed by atoms with Crippen LogP contribution in [0, 0.1) is 18.7 Å². The van der Waals surface area contributed by atoms with Gasteiger partial charge in [-0.15, -0.1) is 0 Å². The summed E-state index contributed by atoms with van der Waals surface area (Å²) < 4.78 is 50.3.